The van der Waals surface area contributed by atoms with E-state index in [4.69, 9.17) is 4.74 Å². The first-order chi connectivity index (χ1) is 15.7. The van der Waals surface area contributed by atoms with Crippen LogP contribution in [0.15, 0.2) is 52.2 Å². The van der Waals surface area contributed by atoms with E-state index in [9.17, 15) is 26.8 Å². The molecule has 8 nitrogen and oxygen atoms in total. The van der Waals surface area contributed by atoms with E-state index in [1.165, 1.54) is 33.5 Å². The first-order valence-electron chi connectivity index (χ1n) is 10.2. The van der Waals surface area contributed by atoms with Crippen molar-refractivity contribution in [1.82, 2.24) is 9.29 Å². The third kappa shape index (κ3) is 4.39. The number of hydrogen-bond donors (Lipinski definition) is 1. The van der Waals surface area contributed by atoms with Gasteiger partial charge in [0.05, 0.1) is 23.7 Å². The Morgan fingerprint density at radius 2 is 1.82 bits per heavy atom. The maximum absolute atomic E-state index is 13.8. The van der Waals surface area contributed by atoms with Crippen LogP contribution in [0.25, 0.3) is 10.9 Å². The fraction of sp³-hybridized carbons (Fsp3) is 0.273. The largest absolute Gasteiger partial charge is 0.379 e. The molecule has 0 unspecified atom stereocenters. The lowest BCUT2D eigenvalue weighted by Crippen LogP contribution is -2.40. The quantitative estimate of drug-likeness (QED) is 0.609. The number of H-pyrrole nitrogens is 1. The Morgan fingerprint density at radius 1 is 1.09 bits per heavy atom. The number of morpholine rings is 1. The molecule has 1 fully saturated rings. The predicted molar refractivity (Wildman–Crippen MR) is 118 cm³/mol. The molecule has 2 aromatic carbocycles. The van der Waals surface area contributed by atoms with E-state index in [1.807, 2.05) is 0 Å². The van der Waals surface area contributed by atoms with E-state index in [2.05, 4.69) is 4.98 Å². The van der Waals surface area contributed by atoms with Crippen molar-refractivity contribution >= 4 is 32.5 Å². The second-order valence-corrected chi connectivity index (χ2v) is 9.36. The van der Waals surface area contributed by atoms with Gasteiger partial charge in [0.15, 0.2) is 11.6 Å². The van der Waals surface area contributed by atoms with Gasteiger partial charge in [0.2, 0.25) is 15.6 Å². The zero-order chi connectivity index (χ0) is 23.8. The van der Waals surface area contributed by atoms with Gasteiger partial charge in [-0.05, 0) is 37.3 Å². The molecule has 3 aromatic rings. The number of nitrogens with one attached hydrogen (secondary N) is 1. The molecule has 0 bridgehead atoms. The molecule has 1 aromatic heterocycles. The number of sulfonamides is 1. The number of nitrogens with zero attached hydrogens (tertiary/aromatic N) is 2. The first kappa shape index (κ1) is 23.0. The van der Waals surface area contributed by atoms with Crippen LogP contribution in [0, 0.1) is 11.6 Å². The van der Waals surface area contributed by atoms with Crippen LogP contribution < -0.4 is 10.5 Å². The monoisotopic (exact) mass is 477 g/mol. The lowest BCUT2D eigenvalue weighted by atomic mass is 10.1. The molecule has 2 heterocycles. The van der Waals surface area contributed by atoms with E-state index in [0.29, 0.717) is 0 Å². The van der Waals surface area contributed by atoms with Crippen molar-refractivity contribution in [2.45, 2.75) is 11.8 Å². The number of benzene rings is 2. The number of pyridine rings is 1. The molecule has 0 saturated carbocycles. The SMILES string of the molecule is CCN(C(=O)c1cc(=O)[nH]c2ccc(S(=O)(=O)N3CCOCC3)cc12)c1ccc(F)c(F)c1. The van der Waals surface area contributed by atoms with E-state index >= 15 is 0 Å². The Bertz CT molecular complexity index is 1380. The van der Waals surface area contributed by atoms with Crippen molar-refractivity contribution in [1.29, 1.82) is 0 Å². The smallest absolute Gasteiger partial charge is 0.259 e. The number of rotatable bonds is 5. The summed E-state index contributed by atoms with van der Waals surface area (Å²) in [5.74, 6) is -2.82. The van der Waals surface area contributed by atoms with Crippen molar-refractivity contribution in [3.8, 4) is 0 Å². The zero-order valence-electron chi connectivity index (χ0n) is 17.7. The summed E-state index contributed by atoms with van der Waals surface area (Å²) in [7, 11) is -3.85. The summed E-state index contributed by atoms with van der Waals surface area (Å²) in [5, 5.41) is 0.218. The highest BCUT2D eigenvalue weighted by molar-refractivity contribution is 7.89. The number of ether oxygens (including phenoxy) is 1. The maximum atomic E-state index is 13.8. The first-order valence-corrected chi connectivity index (χ1v) is 11.7. The van der Waals surface area contributed by atoms with Gasteiger partial charge >= 0.3 is 0 Å². The van der Waals surface area contributed by atoms with Gasteiger partial charge < -0.3 is 14.6 Å². The van der Waals surface area contributed by atoms with Crippen LogP contribution in [0.4, 0.5) is 14.5 Å². The molecule has 1 saturated heterocycles. The fourth-order valence-corrected chi connectivity index (χ4v) is 5.18. The van der Waals surface area contributed by atoms with Gasteiger partial charge in [0, 0.05) is 48.4 Å². The Labute approximate surface area is 188 Å². The normalized spacial score (nSPS) is 15.0. The lowest BCUT2D eigenvalue weighted by Gasteiger charge is -2.26. The van der Waals surface area contributed by atoms with Crippen molar-refractivity contribution in [2.75, 3.05) is 37.7 Å². The molecule has 0 spiro atoms. The highest BCUT2D eigenvalue weighted by Crippen LogP contribution is 2.26. The number of hydrogen-bond acceptors (Lipinski definition) is 5. The number of aromatic amines is 1. The molecule has 1 amide bonds. The van der Waals surface area contributed by atoms with Gasteiger partial charge in [0.25, 0.3) is 5.91 Å². The topological polar surface area (TPSA) is 99.8 Å². The van der Waals surface area contributed by atoms with Crippen molar-refractivity contribution in [3.63, 3.8) is 0 Å². The van der Waals surface area contributed by atoms with Crippen molar-refractivity contribution in [2.24, 2.45) is 0 Å². The van der Waals surface area contributed by atoms with Gasteiger partial charge in [0.1, 0.15) is 0 Å². The minimum atomic E-state index is -3.85. The predicted octanol–water partition coefficient (Wildman–Crippen LogP) is 2.49. The molecule has 1 aliphatic rings. The molecule has 1 N–H and O–H groups in total. The van der Waals surface area contributed by atoms with E-state index in [-0.39, 0.29) is 59.9 Å². The van der Waals surface area contributed by atoms with Crippen molar-refractivity contribution < 1.29 is 26.7 Å². The number of carbonyl (C=O) groups excluding carboxylic acids is 1. The summed E-state index contributed by atoms with van der Waals surface area (Å²) in [4.78, 5) is 29.3. The van der Waals surface area contributed by atoms with Crippen LogP contribution in [-0.2, 0) is 14.8 Å². The highest BCUT2D eigenvalue weighted by atomic mass is 32.2. The van der Waals surface area contributed by atoms with Crippen LogP contribution in [-0.4, -0.2) is 56.5 Å². The molecule has 174 valence electrons. The summed E-state index contributed by atoms with van der Waals surface area (Å²) in [6, 6.07) is 8.24. The molecule has 0 radical (unpaired) electrons. The zero-order valence-corrected chi connectivity index (χ0v) is 18.5. The summed E-state index contributed by atoms with van der Waals surface area (Å²) in [6.45, 7) is 2.72. The van der Waals surface area contributed by atoms with E-state index in [1.54, 1.807) is 6.92 Å². The van der Waals surface area contributed by atoms with E-state index in [0.717, 1.165) is 18.2 Å². The summed E-state index contributed by atoms with van der Waals surface area (Å²) >= 11 is 0. The molecule has 0 aliphatic carbocycles. The lowest BCUT2D eigenvalue weighted by molar-refractivity contribution is 0.0730. The Kier molecular flexibility index (Phi) is 6.28. The number of anilines is 1. The summed E-state index contributed by atoms with van der Waals surface area (Å²) in [5.41, 5.74) is -0.240. The number of carbonyl (C=O) groups is 1. The number of aromatic nitrogens is 1. The van der Waals surface area contributed by atoms with Crippen molar-refractivity contribution in [3.05, 3.63) is 70.0 Å². The third-order valence-electron chi connectivity index (χ3n) is 5.43. The molecular formula is C22H21F2N3O5S. The maximum Gasteiger partial charge on any atom is 0.259 e. The summed E-state index contributed by atoms with van der Waals surface area (Å²) in [6.07, 6.45) is 0. The fourth-order valence-electron chi connectivity index (χ4n) is 3.75. The second-order valence-electron chi connectivity index (χ2n) is 7.42. The molecular weight excluding hydrogens is 456 g/mol. The standard InChI is InChI=1S/C22H21F2N3O5S/c1-2-27(14-3-5-18(23)19(24)11-14)22(29)17-13-21(28)25-20-6-4-15(12-16(17)20)33(30,31)26-7-9-32-10-8-26/h3-6,11-13H,2,7-10H2,1H3,(H,25,28). The minimum absolute atomic E-state index is 0.0334. The van der Waals surface area contributed by atoms with Crippen LogP contribution in [0.3, 0.4) is 0 Å². The molecule has 0 atom stereocenters. The Hall–Kier alpha value is -3.15. The number of fused-ring (bicyclic) bond motifs is 1. The van der Waals surface area contributed by atoms with Crippen LogP contribution >= 0.6 is 0 Å². The van der Waals surface area contributed by atoms with E-state index < -0.39 is 33.1 Å². The van der Waals surface area contributed by atoms with Gasteiger partial charge in [-0.25, -0.2) is 17.2 Å². The Balaban J connectivity index is 1.82. The van der Waals surface area contributed by atoms with Crippen LogP contribution in [0.2, 0.25) is 0 Å². The average Bonchev–Trinajstić information content (AvgIpc) is 2.81. The van der Waals surface area contributed by atoms with Gasteiger partial charge in [-0.1, -0.05) is 0 Å². The summed E-state index contributed by atoms with van der Waals surface area (Å²) < 4.78 is 59.8. The van der Waals surface area contributed by atoms with Crippen LogP contribution in [0.5, 0.6) is 0 Å². The number of amides is 1. The molecule has 1 aliphatic heterocycles. The highest BCUT2D eigenvalue weighted by Gasteiger charge is 2.28. The molecule has 11 heteroatoms. The third-order valence-corrected chi connectivity index (χ3v) is 7.32. The number of halogens is 2. The Morgan fingerprint density at radius 3 is 2.48 bits per heavy atom. The second kappa shape index (κ2) is 9.00. The van der Waals surface area contributed by atoms with Gasteiger partial charge in [-0.15, -0.1) is 0 Å². The minimum Gasteiger partial charge on any atom is -0.379 e. The molecule has 33 heavy (non-hydrogen) atoms. The van der Waals surface area contributed by atoms with Gasteiger partial charge in [-0.3, -0.25) is 9.59 Å². The average molecular weight is 477 g/mol. The van der Waals surface area contributed by atoms with Gasteiger partial charge in [-0.2, -0.15) is 4.31 Å². The molecule has 4 rings (SSSR count). The van der Waals surface area contributed by atoms with Crippen LogP contribution in [0.1, 0.15) is 17.3 Å².